The van der Waals surface area contributed by atoms with Gasteiger partial charge in [0.2, 0.25) is 0 Å². The molecule has 0 aliphatic carbocycles. The van der Waals surface area contributed by atoms with Crippen LogP contribution in [0.1, 0.15) is 10.4 Å². The number of aromatic nitrogens is 2. The Balaban J connectivity index is 2.94. The van der Waals surface area contributed by atoms with Crippen molar-refractivity contribution in [2.45, 2.75) is 0 Å². The molecule has 0 fully saturated rings. The van der Waals surface area contributed by atoms with Gasteiger partial charge in [-0.3, -0.25) is 4.79 Å². The number of hydrogen-bond acceptors (Lipinski definition) is 4. The minimum atomic E-state index is -1.23. The number of carbonyl (C=O) groups is 1. The van der Waals surface area contributed by atoms with Crippen LogP contribution in [0.15, 0.2) is 16.4 Å². The number of hydrogen-bond donors (Lipinski definition) is 1. The summed E-state index contributed by atoms with van der Waals surface area (Å²) in [6.07, 6.45) is 0. The van der Waals surface area contributed by atoms with Gasteiger partial charge in [0, 0.05) is 0 Å². The molecule has 0 bridgehead atoms. The van der Waals surface area contributed by atoms with Crippen molar-refractivity contribution in [3.8, 4) is 0 Å². The van der Waals surface area contributed by atoms with Gasteiger partial charge in [-0.25, -0.2) is 12.6 Å². The lowest BCUT2D eigenvalue weighted by atomic mass is 10.3. The van der Waals surface area contributed by atoms with Crippen molar-refractivity contribution in [1.82, 2.24) is 7.76 Å². The Bertz CT molecular complexity index is 574. The molecule has 0 saturated heterocycles. The van der Waals surface area contributed by atoms with Crippen LogP contribution < -0.4 is 5.56 Å². The number of halogens is 1. The Kier molecular flexibility index (Phi) is 2.27. The molecule has 5 nitrogen and oxygen atoms in total. The molecule has 0 atom stereocenters. The van der Waals surface area contributed by atoms with Crippen molar-refractivity contribution < 1.29 is 9.90 Å². The van der Waals surface area contributed by atoms with Crippen molar-refractivity contribution >= 4 is 50.5 Å². The number of aromatic carboxylic acids is 1. The predicted molar refractivity (Wildman–Crippen MR) is 60.3 cm³/mol. The van der Waals surface area contributed by atoms with Gasteiger partial charge in [0.1, 0.15) is 10.4 Å². The Morgan fingerprint density at radius 2 is 2.36 bits per heavy atom. The van der Waals surface area contributed by atoms with Crippen LogP contribution >= 0.6 is 34.2 Å². The third kappa shape index (κ3) is 1.32. The second-order valence-corrected chi connectivity index (χ2v) is 4.29. The molecule has 2 heterocycles. The van der Waals surface area contributed by atoms with Crippen molar-refractivity contribution in [3.63, 3.8) is 0 Å². The molecule has 7 heteroatoms. The summed E-state index contributed by atoms with van der Waals surface area (Å²) in [6.45, 7) is 0. The summed E-state index contributed by atoms with van der Waals surface area (Å²) in [5.74, 6) is -1.23. The van der Waals surface area contributed by atoms with Crippen molar-refractivity contribution in [3.05, 3.63) is 27.5 Å². The van der Waals surface area contributed by atoms with E-state index in [4.69, 9.17) is 5.11 Å². The molecular formula is C7H3IN2O3S. The summed E-state index contributed by atoms with van der Waals surface area (Å²) in [5, 5.41) is 8.75. The zero-order valence-electron chi connectivity index (χ0n) is 6.60. The smallest absolute Gasteiger partial charge is 0.341 e. The molecular weight excluding hydrogens is 319 g/mol. The second-order valence-electron chi connectivity index (χ2n) is 2.49. The van der Waals surface area contributed by atoms with Crippen molar-refractivity contribution in [2.75, 3.05) is 0 Å². The third-order valence-corrected chi connectivity index (χ3v) is 3.75. The molecule has 14 heavy (non-hydrogen) atoms. The number of thiazole rings is 1. The summed E-state index contributed by atoms with van der Waals surface area (Å²) in [6, 6.07) is 1.30. The molecule has 0 aliphatic rings. The first-order chi connectivity index (χ1) is 6.61. The van der Waals surface area contributed by atoms with E-state index < -0.39 is 11.5 Å². The molecule has 2 aromatic rings. The number of carboxylic acids is 1. The fourth-order valence-electron chi connectivity index (χ4n) is 1.04. The van der Waals surface area contributed by atoms with E-state index in [2.05, 4.69) is 4.98 Å². The standard InChI is InChI=1S/C7H3IN2O3S/c8-10-5(11)3(7(12)13)1-4-6(10)14-2-9-4/h1-2H,(H,12,13). The summed E-state index contributed by atoms with van der Waals surface area (Å²) in [7, 11) is 0. The predicted octanol–water partition coefficient (Wildman–Crippen LogP) is 1.35. The number of carboxylic acid groups (broad SMARTS) is 1. The second kappa shape index (κ2) is 3.31. The highest BCUT2D eigenvalue weighted by atomic mass is 127. The molecule has 0 spiro atoms. The minimum Gasteiger partial charge on any atom is -0.477 e. The van der Waals surface area contributed by atoms with Gasteiger partial charge in [-0.15, -0.1) is 11.3 Å². The highest BCUT2D eigenvalue weighted by Gasteiger charge is 2.14. The first kappa shape index (κ1) is 9.59. The van der Waals surface area contributed by atoms with Gasteiger partial charge in [0.05, 0.1) is 33.9 Å². The van der Waals surface area contributed by atoms with Gasteiger partial charge in [-0.05, 0) is 6.07 Å². The van der Waals surface area contributed by atoms with Crippen LogP contribution in [0.3, 0.4) is 0 Å². The Hall–Kier alpha value is -0.960. The molecule has 2 rings (SSSR count). The molecule has 0 radical (unpaired) electrons. The monoisotopic (exact) mass is 322 g/mol. The van der Waals surface area contributed by atoms with Gasteiger partial charge < -0.3 is 5.11 Å². The topological polar surface area (TPSA) is 72.2 Å². The van der Waals surface area contributed by atoms with Gasteiger partial charge >= 0.3 is 5.97 Å². The Morgan fingerprint density at radius 1 is 1.64 bits per heavy atom. The van der Waals surface area contributed by atoms with Gasteiger partial charge in [0.25, 0.3) is 5.56 Å². The third-order valence-electron chi connectivity index (χ3n) is 1.67. The van der Waals surface area contributed by atoms with Crippen LogP contribution in [-0.2, 0) is 0 Å². The lowest BCUT2D eigenvalue weighted by Gasteiger charge is -1.98. The van der Waals surface area contributed by atoms with E-state index in [1.54, 1.807) is 28.4 Å². The van der Waals surface area contributed by atoms with Crippen molar-refractivity contribution in [1.29, 1.82) is 0 Å². The normalized spacial score (nSPS) is 10.6. The van der Waals surface area contributed by atoms with E-state index in [9.17, 15) is 9.59 Å². The molecule has 0 aliphatic heterocycles. The van der Waals surface area contributed by atoms with Crippen LogP contribution in [0.4, 0.5) is 0 Å². The SMILES string of the molecule is O=C(O)c1cc2ncsc2n(I)c1=O. The number of pyridine rings is 1. The number of rotatable bonds is 1. The molecule has 0 aromatic carbocycles. The summed E-state index contributed by atoms with van der Waals surface area (Å²) in [4.78, 5) is 26.8. The average molecular weight is 322 g/mol. The van der Waals surface area contributed by atoms with Crippen LogP contribution in [0.5, 0.6) is 0 Å². The van der Waals surface area contributed by atoms with Crippen molar-refractivity contribution in [2.24, 2.45) is 0 Å². The Morgan fingerprint density at radius 3 is 3.00 bits per heavy atom. The van der Waals surface area contributed by atoms with E-state index in [1.165, 1.54) is 20.2 Å². The largest absolute Gasteiger partial charge is 0.477 e. The highest BCUT2D eigenvalue weighted by molar-refractivity contribution is 14.1. The number of nitrogens with zero attached hydrogens (tertiary/aromatic N) is 2. The van der Waals surface area contributed by atoms with Crippen LogP contribution in [0, 0.1) is 0 Å². The highest BCUT2D eigenvalue weighted by Crippen LogP contribution is 2.18. The zero-order valence-corrected chi connectivity index (χ0v) is 9.57. The maximum absolute atomic E-state index is 11.5. The van der Waals surface area contributed by atoms with E-state index in [0.29, 0.717) is 10.3 Å². The molecule has 0 saturated carbocycles. The van der Waals surface area contributed by atoms with Gasteiger partial charge in [-0.2, -0.15) is 0 Å². The maximum Gasteiger partial charge on any atom is 0.341 e. The fraction of sp³-hybridized carbons (Fsp3) is 0. The maximum atomic E-state index is 11.5. The minimum absolute atomic E-state index is 0.252. The zero-order chi connectivity index (χ0) is 10.3. The molecule has 72 valence electrons. The molecule has 0 unspecified atom stereocenters. The fourth-order valence-corrected chi connectivity index (χ4v) is 2.57. The number of fused-ring (bicyclic) bond motifs is 1. The van der Waals surface area contributed by atoms with E-state index in [0.717, 1.165) is 0 Å². The quantitative estimate of drug-likeness (QED) is 0.805. The summed E-state index contributed by atoms with van der Waals surface area (Å²) >= 11 is 3.07. The van der Waals surface area contributed by atoms with E-state index in [1.807, 2.05) is 0 Å². The summed E-state index contributed by atoms with van der Waals surface area (Å²) in [5.41, 5.74) is 1.33. The van der Waals surface area contributed by atoms with Crippen LogP contribution in [0.25, 0.3) is 10.3 Å². The first-order valence-corrected chi connectivity index (χ1v) is 5.34. The lowest BCUT2D eigenvalue weighted by Crippen LogP contribution is -2.20. The lowest BCUT2D eigenvalue weighted by molar-refractivity contribution is 0.0695. The van der Waals surface area contributed by atoms with Gasteiger partial charge in [0.15, 0.2) is 0 Å². The average Bonchev–Trinajstić information content (AvgIpc) is 2.58. The molecule has 1 N–H and O–H groups in total. The van der Waals surface area contributed by atoms with Gasteiger partial charge in [-0.1, -0.05) is 0 Å². The summed E-state index contributed by atoms with van der Waals surface area (Å²) < 4.78 is 1.27. The molecule has 0 amide bonds. The first-order valence-electron chi connectivity index (χ1n) is 3.50. The van der Waals surface area contributed by atoms with E-state index >= 15 is 0 Å². The van der Waals surface area contributed by atoms with Crippen LogP contribution in [0.2, 0.25) is 0 Å². The Labute approximate surface area is 95.5 Å². The van der Waals surface area contributed by atoms with Crippen LogP contribution in [-0.4, -0.2) is 18.8 Å². The molecule has 2 aromatic heterocycles. The van der Waals surface area contributed by atoms with E-state index in [-0.39, 0.29) is 5.56 Å².